The Morgan fingerprint density at radius 1 is 0.970 bits per heavy atom. The maximum atomic E-state index is 13.6. The third-order valence-electron chi connectivity index (χ3n) is 5.66. The summed E-state index contributed by atoms with van der Waals surface area (Å²) in [5.74, 6) is 0.242. The number of nitrogens with zero attached hydrogens (tertiary/aromatic N) is 1. The van der Waals surface area contributed by atoms with E-state index >= 15 is 0 Å². The van der Waals surface area contributed by atoms with Crippen LogP contribution in [0.4, 0.5) is 5.69 Å². The summed E-state index contributed by atoms with van der Waals surface area (Å²) in [6, 6.07) is 19.0. The van der Waals surface area contributed by atoms with Gasteiger partial charge in [0, 0.05) is 5.56 Å². The Kier molecular flexibility index (Phi) is 7.43. The van der Waals surface area contributed by atoms with Gasteiger partial charge in [-0.05, 0) is 69.2 Å². The number of hydrogen-bond donors (Lipinski definition) is 1. The molecule has 0 unspecified atom stereocenters. The Morgan fingerprint density at radius 3 is 2.27 bits per heavy atom. The predicted octanol–water partition coefficient (Wildman–Crippen LogP) is 4.69. The second-order valence-electron chi connectivity index (χ2n) is 8.12. The van der Waals surface area contributed by atoms with E-state index in [4.69, 9.17) is 4.74 Å². The summed E-state index contributed by atoms with van der Waals surface area (Å²) in [6.45, 7) is 7.26. The molecule has 0 bridgehead atoms. The minimum atomic E-state index is -3.96. The van der Waals surface area contributed by atoms with Crippen molar-refractivity contribution in [2.75, 3.05) is 18.0 Å². The number of methoxy groups -OCH3 is 1. The smallest absolute Gasteiger partial charge is 0.264 e. The lowest BCUT2D eigenvalue weighted by atomic mass is 10.1. The van der Waals surface area contributed by atoms with Crippen LogP contribution in [0.1, 0.15) is 35.2 Å². The second kappa shape index (κ2) is 10.1. The summed E-state index contributed by atoms with van der Waals surface area (Å²) in [4.78, 5) is 13.2. The molecule has 3 aromatic rings. The first-order valence-electron chi connectivity index (χ1n) is 10.7. The highest BCUT2D eigenvalue weighted by atomic mass is 32.2. The van der Waals surface area contributed by atoms with Crippen LogP contribution in [0.3, 0.4) is 0 Å². The highest BCUT2D eigenvalue weighted by molar-refractivity contribution is 7.92. The molecule has 1 N–H and O–H groups in total. The summed E-state index contributed by atoms with van der Waals surface area (Å²) in [5.41, 5.74) is 4.20. The number of hydrogen-bond acceptors (Lipinski definition) is 4. The van der Waals surface area contributed by atoms with Crippen molar-refractivity contribution in [3.63, 3.8) is 0 Å². The molecular formula is C26H30N2O4S. The Hall–Kier alpha value is -3.32. The van der Waals surface area contributed by atoms with Crippen LogP contribution in [-0.4, -0.2) is 28.0 Å². The maximum absolute atomic E-state index is 13.6. The zero-order chi connectivity index (χ0) is 24.2. The number of nitrogens with one attached hydrogen (secondary N) is 1. The van der Waals surface area contributed by atoms with Gasteiger partial charge in [-0.25, -0.2) is 8.42 Å². The number of carbonyl (C=O) groups excluding carboxylic acids is 1. The van der Waals surface area contributed by atoms with Crippen molar-refractivity contribution in [1.29, 1.82) is 0 Å². The molecule has 0 heterocycles. The lowest BCUT2D eigenvalue weighted by molar-refractivity contribution is -0.120. The monoisotopic (exact) mass is 466 g/mol. The number of amides is 1. The van der Waals surface area contributed by atoms with Crippen LogP contribution in [0.2, 0.25) is 0 Å². The van der Waals surface area contributed by atoms with Gasteiger partial charge < -0.3 is 10.1 Å². The van der Waals surface area contributed by atoms with Crippen LogP contribution in [0.15, 0.2) is 71.6 Å². The summed E-state index contributed by atoms with van der Waals surface area (Å²) < 4.78 is 33.7. The first kappa shape index (κ1) is 24.3. The molecule has 0 spiro atoms. The molecule has 6 nitrogen and oxygen atoms in total. The second-order valence-corrected chi connectivity index (χ2v) is 9.99. The Balaban J connectivity index is 1.93. The van der Waals surface area contributed by atoms with Gasteiger partial charge in [-0.2, -0.15) is 0 Å². The lowest BCUT2D eigenvalue weighted by Crippen LogP contribution is -2.41. The first-order chi connectivity index (χ1) is 15.6. The van der Waals surface area contributed by atoms with Crippen molar-refractivity contribution in [2.45, 2.75) is 38.6 Å². The normalized spacial score (nSPS) is 12.2. The van der Waals surface area contributed by atoms with Crippen LogP contribution in [-0.2, 0) is 14.8 Å². The summed E-state index contributed by atoms with van der Waals surface area (Å²) in [7, 11) is -2.39. The molecule has 0 saturated carbocycles. The van der Waals surface area contributed by atoms with Crippen LogP contribution in [0.5, 0.6) is 5.75 Å². The molecule has 0 aliphatic carbocycles. The molecule has 1 atom stereocenters. The predicted molar refractivity (Wildman–Crippen MR) is 131 cm³/mol. The van der Waals surface area contributed by atoms with Crippen molar-refractivity contribution < 1.29 is 17.9 Å². The number of anilines is 1. The molecule has 7 heteroatoms. The van der Waals surface area contributed by atoms with Gasteiger partial charge in [0.25, 0.3) is 10.0 Å². The zero-order valence-corrected chi connectivity index (χ0v) is 20.4. The quantitative estimate of drug-likeness (QED) is 0.522. The number of para-hydroxylation sites is 1. The van der Waals surface area contributed by atoms with Gasteiger partial charge in [0.05, 0.1) is 23.7 Å². The van der Waals surface area contributed by atoms with Gasteiger partial charge in [0.15, 0.2) is 0 Å². The van der Waals surface area contributed by atoms with Crippen molar-refractivity contribution in [3.8, 4) is 5.75 Å². The van der Waals surface area contributed by atoms with Gasteiger partial charge in [-0.15, -0.1) is 0 Å². The molecule has 33 heavy (non-hydrogen) atoms. The standard InChI is InChI=1S/C26H30N2O4S/c1-18-10-14-23(15-11-18)33(30,31)28(22-13-12-19(2)20(3)16-22)17-26(29)27-21(4)24-8-6-7-9-25(24)32-5/h6-16,21H,17H2,1-5H3,(H,27,29)/t21-/m1/s1. The van der Waals surface area contributed by atoms with E-state index in [2.05, 4.69) is 5.32 Å². The average Bonchev–Trinajstić information content (AvgIpc) is 2.79. The molecule has 0 aliphatic heterocycles. The van der Waals surface area contributed by atoms with Crippen LogP contribution < -0.4 is 14.4 Å². The molecule has 0 aliphatic rings. The highest BCUT2D eigenvalue weighted by Gasteiger charge is 2.28. The van der Waals surface area contributed by atoms with E-state index in [1.807, 2.05) is 58.0 Å². The zero-order valence-electron chi connectivity index (χ0n) is 19.6. The number of benzene rings is 3. The minimum Gasteiger partial charge on any atom is -0.496 e. The number of ether oxygens (including phenoxy) is 1. The largest absolute Gasteiger partial charge is 0.496 e. The maximum Gasteiger partial charge on any atom is 0.264 e. The van der Waals surface area contributed by atoms with Gasteiger partial charge in [-0.3, -0.25) is 9.10 Å². The fourth-order valence-corrected chi connectivity index (χ4v) is 4.97. The van der Waals surface area contributed by atoms with E-state index in [0.29, 0.717) is 11.4 Å². The molecule has 0 radical (unpaired) electrons. The molecule has 174 valence electrons. The topological polar surface area (TPSA) is 75.7 Å². The molecule has 0 fully saturated rings. The van der Waals surface area contributed by atoms with E-state index in [-0.39, 0.29) is 17.5 Å². The third-order valence-corrected chi connectivity index (χ3v) is 7.45. The van der Waals surface area contributed by atoms with Crippen molar-refractivity contribution >= 4 is 21.6 Å². The van der Waals surface area contributed by atoms with Gasteiger partial charge in [0.2, 0.25) is 5.91 Å². The first-order valence-corrected chi connectivity index (χ1v) is 12.2. The van der Waals surface area contributed by atoms with E-state index in [0.717, 1.165) is 26.6 Å². The lowest BCUT2D eigenvalue weighted by Gasteiger charge is -2.26. The van der Waals surface area contributed by atoms with Crippen molar-refractivity contribution in [2.24, 2.45) is 0 Å². The van der Waals surface area contributed by atoms with Gasteiger partial charge in [-0.1, -0.05) is 42.0 Å². The number of sulfonamides is 1. The number of carbonyl (C=O) groups is 1. The molecule has 3 rings (SSSR count). The average molecular weight is 467 g/mol. The fourth-order valence-electron chi connectivity index (χ4n) is 3.55. The SMILES string of the molecule is COc1ccccc1[C@@H](C)NC(=O)CN(c1ccc(C)c(C)c1)S(=O)(=O)c1ccc(C)cc1. The van der Waals surface area contributed by atoms with E-state index in [9.17, 15) is 13.2 Å². The van der Waals surface area contributed by atoms with Gasteiger partial charge >= 0.3 is 0 Å². The molecule has 0 saturated heterocycles. The van der Waals surface area contributed by atoms with Gasteiger partial charge in [0.1, 0.15) is 12.3 Å². The Bertz CT molecular complexity index is 1240. The third kappa shape index (κ3) is 5.54. The number of aryl methyl sites for hydroxylation is 3. The summed E-state index contributed by atoms with van der Waals surface area (Å²) >= 11 is 0. The molecule has 0 aromatic heterocycles. The van der Waals surface area contributed by atoms with E-state index < -0.39 is 15.9 Å². The Labute approximate surface area is 196 Å². The fraction of sp³-hybridized carbons (Fsp3) is 0.269. The summed E-state index contributed by atoms with van der Waals surface area (Å²) in [5, 5.41) is 2.90. The molecular weight excluding hydrogens is 436 g/mol. The van der Waals surface area contributed by atoms with Crippen molar-refractivity contribution in [1.82, 2.24) is 5.32 Å². The number of rotatable bonds is 8. The molecule has 3 aromatic carbocycles. The van der Waals surface area contributed by atoms with Crippen LogP contribution in [0, 0.1) is 20.8 Å². The van der Waals surface area contributed by atoms with E-state index in [1.54, 1.807) is 43.5 Å². The molecule has 1 amide bonds. The van der Waals surface area contributed by atoms with Crippen LogP contribution in [0.25, 0.3) is 0 Å². The minimum absolute atomic E-state index is 0.136. The van der Waals surface area contributed by atoms with Crippen LogP contribution >= 0.6 is 0 Å². The summed E-state index contributed by atoms with van der Waals surface area (Å²) in [6.07, 6.45) is 0. The van der Waals surface area contributed by atoms with Crippen molar-refractivity contribution in [3.05, 3.63) is 89.0 Å². The Morgan fingerprint density at radius 2 is 1.64 bits per heavy atom. The van der Waals surface area contributed by atoms with E-state index in [1.165, 1.54) is 0 Å². The highest BCUT2D eigenvalue weighted by Crippen LogP contribution is 2.27.